The topological polar surface area (TPSA) is 71.6 Å². The number of carbonyl (C=O) groups excluding carboxylic acids is 2. The number of likely N-dealkylation sites (N-methyl/N-ethyl adjacent to an activating group) is 1. The van der Waals surface area contributed by atoms with Crippen molar-refractivity contribution < 1.29 is 23.8 Å². The predicted molar refractivity (Wildman–Crippen MR) is 121 cm³/mol. The third kappa shape index (κ3) is 3.49. The summed E-state index contributed by atoms with van der Waals surface area (Å²) in [7, 11) is 6.41. The molecule has 2 aromatic carbocycles. The molecule has 32 heavy (non-hydrogen) atoms. The standard InChI is InChI=1S/C24H29N3O5/c1-25-16-27(17-8-6-5-7-9-17)24(23(25)29)10-12-26(13-11-24)22(28)21-19(31-3)14-18(30-2)15-20(21)32-4/h5-9,14-15H,10-13,16H2,1-4H3. The Balaban J connectivity index is 1.60. The van der Waals surface area contributed by atoms with Gasteiger partial charge in [0.1, 0.15) is 28.4 Å². The molecule has 2 aliphatic rings. The van der Waals surface area contributed by atoms with Crippen molar-refractivity contribution in [2.24, 2.45) is 0 Å². The highest BCUT2D eigenvalue weighted by Gasteiger charge is 2.53. The van der Waals surface area contributed by atoms with Crippen LogP contribution in [0, 0.1) is 0 Å². The van der Waals surface area contributed by atoms with Crippen molar-refractivity contribution in [1.29, 1.82) is 0 Å². The fraction of sp³-hybridized carbons (Fsp3) is 0.417. The zero-order valence-corrected chi connectivity index (χ0v) is 19.0. The maximum atomic E-state index is 13.5. The first-order valence-electron chi connectivity index (χ1n) is 10.6. The Kier molecular flexibility index (Phi) is 5.86. The summed E-state index contributed by atoms with van der Waals surface area (Å²) in [5, 5.41) is 0. The molecule has 8 nitrogen and oxygen atoms in total. The van der Waals surface area contributed by atoms with E-state index in [1.54, 1.807) is 29.0 Å². The minimum absolute atomic E-state index is 0.105. The normalized spacial score (nSPS) is 17.6. The van der Waals surface area contributed by atoms with E-state index in [0.717, 1.165) is 5.69 Å². The van der Waals surface area contributed by atoms with Gasteiger partial charge >= 0.3 is 0 Å². The number of piperidine rings is 1. The molecule has 0 bridgehead atoms. The van der Waals surface area contributed by atoms with Gasteiger partial charge in [0.05, 0.1) is 28.0 Å². The van der Waals surface area contributed by atoms with Gasteiger partial charge in [0.2, 0.25) is 5.91 Å². The maximum Gasteiger partial charge on any atom is 0.261 e. The highest BCUT2D eigenvalue weighted by Crippen LogP contribution is 2.40. The molecule has 0 unspecified atom stereocenters. The van der Waals surface area contributed by atoms with E-state index < -0.39 is 5.54 Å². The van der Waals surface area contributed by atoms with Crippen molar-refractivity contribution in [2.75, 3.05) is 53.0 Å². The lowest BCUT2D eigenvalue weighted by molar-refractivity contribution is -0.132. The van der Waals surface area contributed by atoms with Crippen LogP contribution >= 0.6 is 0 Å². The molecular formula is C24H29N3O5. The molecule has 2 aromatic rings. The van der Waals surface area contributed by atoms with Gasteiger partial charge in [-0.2, -0.15) is 0 Å². The van der Waals surface area contributed by atoms with E-state index in [2.05, 4.69) is 4.90 Å². The number of hydrogen-bond donors (Lipinski definition) is 0. The lowest BCUT2D eigenvalue weighted by Crippen LogP contribution is -2.57. The molecule has 2 aliphatic heterocycles. The van der Waals surface area contributed by atoms with Crippen LogP contribution in [0.25, 0.3) is 0 Å². The van der Waals surface area contributed by atoms with Crippen molar-refractivity contribution in [3.63, 3.8) is 0 Å². The van der Waals surface area contributed by atoms with Crippen molar-refractivity contribution in [3.05, 3.63) is 48.0 Å². The summed E-state index contributed by atoms with van der Waals surface area (Å²) < 4.78 is 16.2. The van der Waals surface area contributed by atoms with Gasteiger partial charge in [-0.1, -0.05) is 18.2 Å². The lowest BCUT2D eigenvalue weighted by Gasteiger charge is -2.43. The Bertz CT molecular complexity index is 977. The minimum atomic E-state index is -0.638. The quantitative estimate of drug-likeness (QED) is 0.713. The van der Waals surface area contributed by atoms with Crippen LogP contribution in [0.2, 0.25) is 0 Å². The molecule has 2 amide bonds. The van der Waals surface area contributed by atoms with E-state index in [1.807, 2.05) is 37.4 Å². The Morgan fingerprint density at radius 3 is 2.06 bits per heavy atom. The van der Waals surface area contributed by atoms with E-state index in [4.69, 9.17) is 14.2 Å². The number of likely N-dealkylation sites (tertiary alicyclic amines) is 1. The fourth-order valence-electron chi connectivity index (χ4n) is 4.76. The number of hydrogen-bond acceptors (Lipinski definition) is 6. The third-order valence-electron chi connectivity index (χ3n) is 6.49. The number of anilines is 1. The zero-order chi connectivity index (χ0) is 22.9. The number of carbonyl (C=O) groups is 2. The van der Waals surface area contributed by atoms with E-state index in [1.165, 1.54) is 14.2 Å². The van der Waals surface area contributed by atoms with Gasteiger partial charge in [0, 0.05) is 38.0 Å². The SMILES string of the molecule is COc1cc(OC)c(C(=O)N2CCC3(CC2)C(=O)N(C)CN3c2ccccc2)c(OC)c1. The second kappa shape index (κ2) is 8.61. The van der Waals surface area contributed by atoms with Gasteiger partial charge in [-0.05, 0) is 25.0 Å². The van der Waals surface area contributed by atoms with Crippen LogP contribution in [0.4, 0.5) is 5.69 Å². The number of amides is 2. The molecule has 170 valence electrons. The first-order valence-corrected chi connectivity index (χ1v) is 10.6. The number of ether oxygens (including phenoxy) is 3. The second-order valence-electron chi connectivity index (χ2n) is 8.14. The molecular weight excluding hydrogens is 410 g/mol. The molecule has 0 aliphatic carbocycles. The molecule has 0 atom stereocenters. The van der Waals surface area contributed by atoms with E-state index in [-0.39, 0.29) is 11.8 Å². The Morgan fingerprint density at radius 1 is 0.938 bits per heavy atom. The monoisotopic (exact) mass is 439 g/mol. The Labute approximate surface area is 188 Å². The highest BCUT2D eigenvalue weighted by molar-refractivity contribution is 6.00. The van der Waals surface area contributed by atoms with Gasteiger partial charge < -0.3 is 28.9 Å². The predicted octanol–water partition coefficient (Wildman–Crippen LogP) is 2.62. The van der Waals surface area contributed by atoms with Crippen LogP contribution in [0.3, 0.4) is 0 Å². The number of rotatable bonds is 5. The van der Waals surface area contributed by atoms with Gasteiger partial charge in [-0.15, -0.1) is 0 Å². The fourth-order valence-corrected chi connectivity index (χ4v) is 4.76. The van der Waals surface area contributed by atoms with Crippen LogP contribution < -0.4 is 19.1 Å². The molecule has 8 heteroatoms. The summed E-state index contributed by atoms with van der Waals surface area (Å²) in [6.07, 6.45) is 1.11. The van der Waals surface area contributed by atoms with Crippen LogP contribution in [0.5, 0.6) is 17.2 Å². The number of nitrogens with zero attached hydrogens (tertiary/aromatic N) is 3. The van der Waals surface area contributed by atoms with Crippen LogP contribution in [0.1, 0.15) is 23.2 Å². The summed E-state index contributed by atoms with van der Waals surface area (Å²) in [4.78, 5) is 32.4. The molecule has 0 radical (unpaired) electrons. The van der Waals surface area contributed by atoms with E-state index >= 15 is 0 Å². The molecule has 2 saturated heterocycles. The molecule has 2 heterocycles. The third-order valence-corrected chi connectivity index (χ3v) is 6.49. The average Bonchev–Trinajstić information content (AvgIpc) is 3.08. The van der Waals surface area contributed by atoms with Crippen molar-refractivity contribution in [3.8, 4) is 17.2 Å². The largest absolute Gasteiger partial charge is 0.496 e. The van der Waals surface area contributed by atoms with Gasteiger partial charge in [-0.3, -0.25) is 9.59 Å². The molecule has 0 aromatic heterocycles. The van der Waals surface area contributed by atoms with Gasteiger partial charge in [0.15, 0.2) is 0 Å². The van der Waals surface area contributed by atoms with Crippen molar-refractivity contribution in [2.45, 2.75) is 18.4 Å². The van der Waals surface area contributed by atoms with E-state index in [0.29, 0.717) is 55.4 Å². The first kappa shape index (κ1) is 21.8. The molecule has 1 spiro atoms. The summed E-state index contributed by atoms with van der Waals surface area (Å²) in [5.41, 5.74) is 0.742. The van der Waals surface area contributed by atoms with Gasteiger partial charge in [-0.25, -0.2) is 0 Å². The maximum absolute atomic E-state index is 13.5. The minimum Gasteiger partial charge on any atom is -0.496 e. The molecule has 2 fully saturated rings. The average molecular weight is 440 g/mol. The molecule has 0 N–H and O–H groups in total. The van der Waals surface area contributed by atoms with E-state index in [9.17, 15) is 9.59 Å². The molecule has 4 rings (SSSR count). The van der Waals surface area contributed by atoms with Crippen LogP contribution in [-0.2, 0) is 4.79 Å². The lowest BCUT2D eigenvalue weighted by atomic mass is 9.85. The number of methoxy groups -OCH3 is 3. The number of benzene rings is 2. The van der Waals surface area contributed by atoms with Crippen LogP contribution in [0.15, 0.2) is 42.5 Å². The van der Waals surface area contributed by atoms with Crippen molar-refractivity contribution >= 4 is 17.5 Å². The molecule has 0 saturated carbocycles. The first-order chi connectivity index (χ1) is 15.4. The summed E-state index contributed by atoms with van der Waals surface area (Å²) in [6, 6.07) is 13.3. The number of para-hydroxylation sites is 1. The summed E-state index contributed by atoms with van der Waals surface area (Å²) in [5.74, 6) is 1.27. The smallest absolute Gasteiger partial charge is 0.261 e. The summed E-state index contributed by atoms with van der Waals surface area (Å²) >= 11 is 0. The van der Waals surface area contributed by atoms with Gasteiger partial charge in [0.25, 0.3) is 5.91 Å². The highest BCUT2D eigenvalue weighted by atomic mass is 16.5. The van der Waals surface area contributed by atoms with Crippen molar-refractivity contribution in [1.82, 2.24) is 9.80 Å². The Morgan fingerprint density at radius 2 is 1.53 bits per heavy atom. The Hall–Kier alpha value is -3.42. The second-order valence-corrected chi connectivity index (χ2v) is 8.14. The summed E-state index contributed by atoms with van der Waals surface area (Å²) in [6.45, 7) is 1.46. The zero-order valence-electron chi connectivity index (χ0n) is 19.0. The van der Waals surface area contributed by atoms with Crippen LogP contribution in [-0.4, -0.2) is 75.3 Å².